The zero-order valence-electron chi connectivity index (χ0n) is 32.8. The first-order chi connectivity index (χ1) is 25.4. The first-order valence-electron chi connectivity index (χ1n) is 20.8. The van der Waals surface area contributed by atoms with Crippen molar-refractivity contribution < 1.29 is 63.1 Å². The topological polar surface area (TPSA) is 210 Å². The molecule has 1 aliphatic rings. The van der Waals surface area contributed by atoms with Gasteiger partial charge in [-0.3, -0.25) is 18.6 Å². The molecule has 0 saturated heterocycles. The number of aliphatic hydroxyl groups excluding tert-OH is 5. The van der Waals surface area contributed by atoms with Gasteiger partial charge in [-0.1, -0.05) is 155 Å². The number of phosphoric ester groups is 1. The Balaban J connectivity index is 2.50. The summed E-state index contributed by atoms with van der Waals surface area (Å²) in [5, 5.41) is 49.9. The molecule has 1 saturated carbocycles. The highest BCUT2D eigenvalue weighted by Crippen LogP contribution is 2.47. The quantitative estimate of drug-likeness (QED) is 0.0222. The fraction of sp³-hybridized carbons (Fsp3) is 0.949. The Morgan fingerprint density at radius 2 is 0.849 bits per heavy atom. The molecule has 0 aliphatic heterocycles. The summed E-state index contributed by atoms with van der Waals surface area (Å²) in [5.41, 5.74) is 0. The Bertz CT molecular complexity index is 954. The second kappa shape index (κ2) is 31.0. The average Bonchev–Trinajstić information content (AvgIpc) is 3.13. The highest BCUT2D eigenvalue weighted by atomic mass is 31.2. The van der Waals surface area contributed by atoms with Crippen LogP contribution in [0.2, 0.25) is 0 Å². The maximum Gasteiger partial charge on any atom is 0.472 e. The number of hydrogen-bond donors (Lipinski definition) is 6. The van der Waals surface area contributed by atoms with E-state index in [0.717, 1.165) is 38.5 Å². The summed E-state index contributed by atoms with van der Waals surface area (Å²) in [6.45, 7) is 3.27. The number of carbonyl (C=O) groups excluding carboxylic acids is 2. The highest BCUT2D eigenvalue weighted by molar-refractivity contribution is 7.47. The molecule has 0 heterocycles. The number of hydrogen-bond acceptors (Lipinski definition) is 12. The summed E-state index contributed by atoms with van der Waals surface area (Å²) in [7, 11) is -5.10. The van der Waals surface area contributed by atoms with Crippen LogP contribution >= 0.6 is 7.82 Å². The van der Waals surface area contributed by atoms with E-state index in [-0.39, 0.29) is 12.8 Å². The van der Waals surface area contributed by atoms with Gasteiger partial charge in [-0.25, -0.2) is 4.57 Å². The standard InChI is InChI=1S/C39H75O13P/c1-3-5-7-9-11-13-15-16-17-18-20-22-24-26-28-33(41)51-31(29-49-32(40)27-25-23-21-19-14-12-10-8-6-4-2)30-50-53(47,48)52-39-37(45)35(43)34(42)36(44)38(39)46/h31,34-39,42-46H,3-30H2,1-2H3,(H,47,48)/t31-,34?,35-,36?,37?,38?,39?/m1/s1. The van der Waals surface area contributed by atoms with Crippen molar-refractivity contribution in [3.63, 3.8) is 0 Å². The normalized spacial score (nSPS) is 23.4. The van der Waals surface area contributed by atoms with E-state index in [1.54, 1.807) is 0 Å². The number of aliphatic hydroxyl groups is 5. The van der Waals surface area contributed by atoms with E-state index in [1.165, 1.54) is 103 Å². The number of carbonyl (C=O) groups is 2. The predicted molar refractivity (Wildman–Crippen MR) is 203 cm³/mol. The molecule has 314 valence electrons. The Labute approximate surface area is 319 Å². The number of esters is 2. The highest BCUT2D eigenvalue weighted by Gasteiger charge is 2.51. The van der Waals surface area contributed by atoms with Gasteiger partial charge in [0.2, 0.25) is 0 Å². The lowest BCUT2D eigenvalue weighted by Crippen LogP contribution is -2.64. The predicted octanol–water partition coefficient (Wildman–Crippen LogP) is 6.94. The molecule has 0 aromatic carbocycles. The van der Waals surface area contributed by atoms with Crippen molar-refractivity contribution in [3.05, 3.63) is 0 Å². The van der Waals surface area contributed by atoms with Crippen molar-refractivity contribution in [2.24, 2.45) is 0 Å². The fourth-order valence-electron chi connectivity index (χ4n) is 6.52. The molecule has 8 atom stereocenters. The second-order valence-electron chi connectivity index (χ2n) is 14.9. The summed E-state index contributed by atoms with van der Waals surface area (Å²) in [6, 6.07) is 0. The van der Waals surface area contributed by atoms with Gasteiger partial charge in [0, 0.05) is 12.8 Å². The number of rotatable bonds is 34. The third-order valence-electron chi connectivity index (χ3n) is 9.95. The first kappa shape index (κ1) is 49.9. The molecule has 1 fully saturated rings. The van der Waals surface area contributed by atoms with Crippen LogP contribution in [0.3, 0.4) is 0 Å². The molecule has 0 aromatic rings. The van der Waals surface area contributed by atoms with Crippen LogP contribution in [0.5, 0.6) is 0 Å². The Morgan fingerprint density at radius 3 is 1.25 bits per heavy atom. The van der Waals surface area contributed by atoms with Crippen LogP contribution in [0.1, 0.15) is 181 Å². The maximum atomic E-state index is 12.7. The van der Waals surface area contributed by atoms with E-state index in [2.05, 4.69) is 13.8 Å². The van der Waals surface area contributed by atoms with E-state index in [1.807, 2.05) is 0 Å². The summed E-state index contributed by atoms with van der Waals surface area (Å²) in [6.07, 6.45) is 14.6. The van der Waals surface area contributed by atoms with Crippen LogP contribution < -0.4 is 0 Å². The van der Waals surface area contributed by atoms with Gasteiger partial charge >= 0.3 is 19.8 Å². The van der Waals surface area contributed by atoms with E-state index in [4.69, 9.17) is 18.5 Å². The van der Waals surface area contributed by atoms with Gasteiger partial charge in [0.05, 0.1) is 6.61 Å². The number of phosphoric acid groups is 1. The van der Waals surface area contributed by atoms with Crippen molar-refractivity contribution in [2.45, 2.75) is 224 Å². The minimum absolute atomic E-state index is 0.104. The van der Waals surface area contributed by atoms with Crippen LogP contribution in [0.15, 0.2) is 0 Å². The van der Waals surface area contributed by atoms with Crippen molar-refractivity contribution >= 4 is 19.8 Å². The molecule has 14 heteroatoms. The van der Waals surface area contributed by atoms with Gasteiger partial charge in [-0.2, -0.15) is 0 Å². The van der Waals surface area contributed by atoms with Crippen molar-refractivity contribution in [1.29, 1.82) is 0 Å². The lowest BCUT2D eigenvalue weighted by Gasteiger charge is -2.41. The van der Waals surface area contributed by atoms with Crippen LogP contribution in [-0.2, 0) is 32.7 Å². The molecule has 0 radical (unpaired) electrons. The zero-order chi connectivity index (χ0) is 39.3. The molecule has 6 N–H and O–H groups in total. The number of ether oxygens (including phenoxy) is 2. The van der Waals surface area contributed by atoms with Crippen molar-refractivity contribution in [2.75, 3.05) is 13.2 Å². The largest absolute Gasteiger partial charge is 0.472 e. The maximum absolute atomic E-state index is 12.7. The lowest BCUT2D eigenvalue weighted by molar-refractivity contribution is -0.220. The molecule has 6 unspecified atom stereocenters. The molecule has 0 spiro atoms. The van der Waals surface area contributed by atoms with Crippen molar-refractivity contribution in [1.82, 2.24) is 0 Å². The van der Waals surface area contributed by atoms with Crippen molar-refractivity contribution in [3.8, 4) is 0 Å². The van der Waals surface area contributed by atoms with E-state index in [9.17, 15) is 44.6 Å². The summed E-state index contributed by atoms with van der Waals surface area (Å²) in [5.74, 6) is -1.09. The minimum atomic E-state index is -5.10. The zero-order valence-corrected chi connectivity index (χ0v) is 33.7. The van der Waals surface area contributed by atoms with Gasteiger partial charge in [-0.05, 0) is 12.8 Å². The summed E-state index contributed by atoms with van der Waals surface area (Å²) in [4.78, 5) is 35.5. The van der Waals surface area contributed by atoms with Gasteiger partial charge in [-0.15, -0.1) is 0 Å². The summed E-state index contributed by atoms with van der Waals surface area (Å²) >= 11 is 0. The Kier molecular flexibility index (Phi) is 29.2. The van der Waals surface area contributed by atoms with E-state index in [0.29, 0.717) is 12.8 Å². The number of unbranched alkanes of at least 4 members (excludes halogenated alkanes) is 22. The summed E-state index contributed by atoms with van der Waals surface area (Å²) < 4.78 is 33.4. The third-order valence-corrected chi connectivity index (χ3v) is 10.9. The van der Waals surface area contributed by atoms with Crippen LogP contribution in [-0.4, -0.2) is 98.3 Å². The monoisotopic (exact) mass is 782 g/mol. The Morgan fingerprint density at radius 1 is 0.509 bits per heavy atom. The molecule has 0 bridgehead atoms. The molecule has 0 aromatic heterocycles. The van der Waals surface area contributed by atoms with Gasteiger partial charge < -0.3 is 39.9 Å². The average molecular weight is 783 g/mol. The molecule has 13 nitrogen and oxygen atoms in total. The van der Waals surface area contributed by atoms with Gasteiger partial charge in [0.15, 0.2) is 6.10 Å². The van der Waals surface area contributed by atoms with Crippen LogP contribution in [0.4, 0.5) is 0 Å². The smallest absolute Gasteiger partial charge is 0.462 e. The molecule has 0 amide bonds. The van der Waals surface area contributed by atoms with Crippen LogP contribution in [0.25, 0.3) is 0 Å². The fourth-order valence-corrected chi connectivity index (χ4v) is 7.50. The van der Waals surface area contributed by atoms with E-state index >= 15 is 0 Å². The van der Waals surface area contributed by atoms with E-state index < -0.39 is 75.7 Å². The lowest BCUT2D eigenvalue weighted by atomic mass is 9.85. The van der Waals surface area contributed by atoms with Crippen LogP contribution in [0, 0.1) is 0 Å². The third kappa shape index (κ3) is 24.2. The molecule has 1 aliphatic carbocycles. The molecule has 1 rings (SSSR count). The van der Waals surface area contributed by atoms with Gasteiger partial charge in [0.1, 0.15) is 43.2 Å². The van der Waals surface area contributed by atoms with Gasteiger partial charge in [0.25, 0.3) is 0 Å². The SMILES string of the molecule is CCCCCCCCCCCCCCCCC(=O)O[C@H](COC(=O)CCCCCCCCCCCC)COP(=O)(O)OC1C(O)C(O)C(O)[C@@H](O)C1O. The molecular formula is C39H75O13P. The Hall–Kier alpha value is -1.15. The molecule has 53 heavy (non-hydrogen) atoms. The first-order valence-corrected chi connectivity index (χ1v) is 22.3. The minimum Gasteiger partial charge on any atom is -0.462 e. The molecular weight excluding hydrogens is 707 g/mol. The second-order valence-corrected chi connectivity index (χ2v) is 16.3.